The zero-order chi connectivity index (χ0) is 14.6. The number of para-hydroxylation sites is 2. The van der Waals surface area contributed by atoms with Gasteiger partial charge in [0.2, 0.25) is 0 Å². The SMILES string of the molecule is CCn1c(CNC(CC)(CC)CO)nc2ccccc21. The summed E-state index contributed by atoms with van der Waals surface area (Å²) >= 11 is 0. The van der Waals surface area contributed by atoms with Gasteiger partial charge in [0.05, 0.1) is 24.2 Å². The Hall–Kier alpha value is -1.39. The summed E-state index contributed by atoms with van der Waals surface area (Å²) in [5.74, 6) is 1.04. The van der Waals surface area contributed by atoms with Gasteiger partial charge in [-0.3, -0.25) is 0 Å². The van der Waals surface area contributed by atoms with Gasteiger partial charge in [0.25, 0.3) is 0 Å². The Morgan fingerprint density at radius 1 is 1.20 bits per heavy atom. The molecule has 2 aromatic rings. The van der Waals surface area contributed by atoms with E-state index in [4.69, 9.17) is 4.98 Å². The zero-order valence-electron chi connectivity index (χ0n) is 12.7. The Kier molecular flexibility index (Phi) is 4.78. The summed E-state index contributed by atoms with van der Waals surface area (Å²) in [4.78, 5) is 4.71. The molecule has 2 N–H and O–H groups in total. The second kappa shape index (κ2) is 6.37. The molecule has 1 aromatic heterocycles. The highest BCUT2D eigenvalue weighted by Gasteiger charge is 2.25. The number of hydrogen-bond donors (Lipinski definition) is 2. The van der Waals surface area contributed by atoms with Crippen molar-refractivity contribution in [1.29, 1.82) is 0 Å². The number of fused-ring (bicyclic) bond motifs is 1. The fraction of sp³-hybridized carbons (Fsp3) is 0.562. The number of imidazole rings is 1. The molecular formula is C16H25N3O. The maximum atomic E-state index is 9.63. The second-order valence-electron chi connectivity index (χ2n) is 5.26. The van der Waals surface area contributed by atoms with E-state index in [1.54, 1.807) is 0 Å². The van der Waals surface area contributed by atoms with E-state index in [-0.39, 0.29) is 12.1 Å². The van der Waals surface area contributed by atoms with Crippen molar-refractivity contribution in [3.8, 4) is 0 Å². The second-order valence-corrected chi connectivity index (χ2v) is 5.26. The molecule has 110 valence electrons. The highest BCUT2D eigenvalue weighted by Crippen LogP contribution is 2.18. The van der Waals surface area contributed by atoms with Crippen LogP contribution in [0.1, 0.15) is 39.4 Å². The predicted molar refractivity (Wildman–Crippen MR) is 82.6 cm³/mol. The molecule has 1 heterocycles. The first-order valence-electron chi connectivity index (χ1n) is 7.49. The summed E-state index contributed by atoms with van der Waals surface area (Å²) in [5, 5.41) is 13.1. The van der Waals surface area contributed by atoms with E-state index in [0.717, 1.165) is 30.7 Å². The molecule has 2 rings (SSSR count). The number of rotatable bonds is 7. The molecule has 0 spiro atoms. The minimum absolute atomic E-state index is 0.159. The van der Waals surface area contributed by atoms with Gasteiger partial charge in [0.15, 0.2) is 0 Å². The highest BCUT2D eigenvalue weighted by atomic mass is 16.3. The van der Waals surface area contributed by atoms with Gasteiger partial charge in [-0.1, -0.05) is 26.0 Å². The molecule has 0 unspecified atom stereocenters. The lowest BCUT2D eigenvalue weighted by Gasteiger charge is -2.30. The van der Waals surface area contributed by atoms with E-state index in [2.05, 4.69) is 36.7 Å². The first-order chi connectivity index (χ1) is 9.69. The van der Waals surface area contributed by atoms with E-state index in [0.29, 0.717) is 6.54 Å². The lowest BCUT2D eigenvalue weighted by atomic mass is 9.94. The quantitative estimate of drug-likeness (QED) is 0.817. The number of hydrogen-bond acceptors (Lipinski definition) is 3. The van der Waals surface area contributed by atoms with Crippen molar-refractivity contribution < 1.29 is 5.11 Å². The third-order valence-corrected chi connectivity index (χ3v) is 4.33. The lowest BCUT2D eigenvalue weighted by Crippen LogP contribution is -2.47. The van der Waals surface area contributed by atoms with E-state index in [9.17, 15) is 5.11 Å². The summed E-state index contributed by atoms with van der Waals surface area (Å²) < 4.78 is 2.23. The Morgan fingerprint density at radius 3 is 2.50 bits per heavy atom. The largest absolute Gasteiger partial charge is 0.394 e. The standard InChI is InChI=1S/C16H25N3O/c1-4-16(5-2,12-20)17-11-15-18-13-9-7-8-10-14(13)19(15)6-3/h7-10,17,20H,4-6,11-12H2,1-3H3. The van der Waals surface area contributed by atoms with Crippen LogP contribution < -0.4 is 5.32 Å². The average Bonchev–Trinajstić information content (AvgIpc) is 2.87. The minimum atomic E-state index is -0.198. The van der Waals surface area contributed by atoms with Crippen molar-refractivity contribution in [3.05, 3.63) is 30.1 Å². The third-order valence-electron chi connectivity index (χ3n) is 4.33. The van der Waals surface area contributed by atoms with Crippen molar-refractivity contribution in [1.82, 2.24) is 14.9 Å². The number of nitrogens with one attached hydrogen (secondary N) is 1. The van der Waals surface area contributed by atoms with Crippen molar-refractivity contribution >= 4 is 11.0 Å². The molecule has 0 saturated heterocycles. The summed E-state index contributed by atoms with van der Waals surface area (Å²) in [7, 11) is 0. The Balaban J connectivity index is 2.25. The molecule has 0 aliphatic carbocycles. The summed E-state index contributed by atoms with van der Waals surface area (Å²) in [6.45, 7) is 8.10. The summed E-state index contributed by atoms with van der Waals surface area (Å²) in [6, 6.07) is 8.21. The van der Waals surface area contributed by atoms with Crippen molar-refractivity contribution in [2.24, 2.45) is 0 Å². The van der Waals surface area contributed by atoms with Crippen LogP contribution in [0.2, 0.25) is 0 Å². The normalized spacial score (nSPS) is 12.2. The number of aryl methyl sites for hydroxylation is 1. The smallest absolute Gasteiger partial charge is 0.123 e. The van der Waals surface area contributed by atoms with E-state index in [1.807, 2.05) is 18.2 Å². The maximum absolute atomic E-state index is 9.63. The monoisotopic (exact) mass is 275 g/mol. The van der Waals surface area contributed by atoms with Crippen LogP contribution in [-0.2, 0) is 13.1 Å². The number of nitrogens with zero attached hydrogens (tertiary/aromatic N) is 2. The van der Waals surface area contributed by atoms with Gasteiger partial charge in [-0.2, -0.15) is 0 Å². The van der Waals surface area contributed by atoms with E-state index in [1.165, 1.54) is 5.52 Å². The molecule has 0 aliphatic heterocycles. The van der Waals surface area contributed by atoms with Gasteiger partial charge in [-0.15, -0.1) is 0 Å². The fourth-order valence-electron chi connectivity index (χ4n) is 2.66. The Morgan fingerprint density at radius 2 is 1.90 bits per heavy atom. The van der Waals surface area contributed by atoms with Crippen LogP contribution in [0.3, 0.4) is 0 Å². The molecule has 0 atom stereocenters. The number of aliphatic hydroxyl groups is 1. The molecule has 4 heteroatoms. The molecule has 20 heavy (non-hydrogen) atoms. The Labute approximate surface area is 120 Å². The van der Waals surface area contributed by atoms with Crippen molar-refractivity contribution in [3.63, 3.8) is 0 Å². The Bertz CT molecular complexity index is 550. The molecule has 0 amide bonds. The van der Waals surface area contributed by atoms with Crippen LogP contribution in [0.5, 0.6) is 0 Å². The molecule has 0 radical (unpaired) electrons. The molecule has 1 aromatic carbocycles. The molecule has 0 fully saturated rings. The van der Waals surface area contributed by atoms with Gasteiger partial charge < -0.3 is 15.0 Å². The summed E-state index contributed by atoms with van der Waals surface area (Å²) in [5.41, 5.74) is 2.01. The van der Waals surface area contributed by atoms with E-state index < -0.39 is 0 Å². The number of aliphatic hydroxyl groups excluding tert-OH is 1. The fourth-order valence-corrected chi connectivity index (χ4v) is 2.66. The van der Waals surface area contributed by atoms with Crippen LogP contribution in [0, 0.1) is 0 Å². The minimum Gasteiger partial charge on any atom is -0.394 e. The average molecular weight is 275 g/mol. The number of aromatic nitrogens is 2. The molecule has 4 nitrogen and oxygen atoms in total. The highest BCUT2D eigenvalue weighted by molar-refractivity contribution is 5.75. The third kappa shape index (κ3) is 2.72. The van der Waals surface area contributed by atoms with Crippen LogP contribution >= 0.6 is 0 Å². The van der Waals surface area contributed by atoms with Gasteiger partial charge in [-0.05, 0) is 31.9 Å². The summed E-state index contributed by atoms with van der Waals surface area (Å²) in [6.07, 6.45) is 1.82. The van der Waals surface area contributed by atoms with Gasteiger partial charge >= 0.3 is 0 Å². The van der Waals surface area contributed by atoms with Gasteiger partial charge in [0.1, 0.15) is 5.82 Å². The first kappa shape index (κ1) is 15.0. The molecule has 0 aliphatic rings. The van der Waals surface area contributed by atoms with Crippen LogP contribution in [0.4, 0.5) is 0 Å². The maximum Gasteiger partial charge on any atom is 0.123 e. The predicted octanol–water partition coefficient (Wildman–Crippen LogP) is 2.70. The topological polar surface area (TPSA) is 50.1 Å². The first-order valence-corrected chi connectivity index (χ1v) is 7.49. The lowest BCUT2D eigenvalue weighted by molar-refractivity contribution is 0.148. The van der Waals surface area contributed by atoms with Gasteiger partial charge in [0, 0.05) is 12.1 Å². The van der Waals surface area contributed by atoms with Gasteiger partial charge in [-0.25, -0.2) is 4.98 Å². The molecule has 0 saturated carbocycles. The van der Waals surface area contributed by atoms with Crippen LogP contribution in [0.15, 0.2) is 24.3 Å². The number of benzene rings is 1. The molecular weight excluding hydrogens is 250 g/mol. The van der Waals surface area contributed by atoms with Crippen molar-refractivity contribution in [2.75, 3.05) is 6.61 Å². The van der Waals surface area contributed by atoms with Crippen LogP contribution in [-0.4, -0.2) is 26.8 Å². The van der Waals surface area contributed by atoms with E-state index >= 15 is 0 Å². The molecule has 0 bridgehead atoms. The zero-order valence-corrected chi connectivity index (χ0v) is 12.7. The van der Waals surface area contributed by atoms with Crippen LogP contribution in [0.25, 0.3) is 11.0 Å². The van der Waals surface area contributed by atoms with Crippen molar-refractivity contribution in [2.45, 2.75) is 52.2 Å².